The third-order valence-corrected chi connectivity index (χ3v) is 4.18. The number of nitrogens with two attached hydrogens (primary N) is 1. The third kappa shape index (κ3) is 1.69. The molecule has 0 atom stereocenters. The van der Waals surface area contributed by atoms with Crippen LogP contribution < -0.4 is 15.2 Å². The van der Waals surface area contributed by atoms with Gasteiger partial charge in [0.15, 0.2) is 11.5 Å². The molecule has 1 saturated carbocycles. The predicted octanol–water partition coefficient (Wildman–Crippen LogP) is 2.84. The standard InChI is InChI=1S/C13H16ClNO2/c14-9-5-10(12-11(6-9)16-8-17-12)13(7-15)3-1-2-4-13/h5-6H,1-4,7-8,15H2. The van der Waals surface area contributed by atoms with Gasteiger partial charge in [0.05, 0.1) is 0 Å². The van der Waals surface area contributed by atoms with Crippen LogP contribution >= 0.6 is 11.6 Å². The summed E-state index contributed by atoms with van der Waals surface area (Å²) < 4.78 is 11.0. The average molecular weight is 254 g/mol. The van der Waals surface area contributed by atoms with Crippen LogP contribution in [0, 0.1) is 0 Å². The second-order valence-corrected chi connectivity index (χ2v) is 5.32. The smallest absolute Gasteiger partial charge is 0.231 e. The van der Waals surface area contributed by atoms with E-state index in [0.717, 1.165) is 29.9 Å². The van der Waals surface area contributed by atoms with Gasteiger partial charge in [-0.05, 0) is 18.9 Å². The van der Waals surface area contributed by atoms with Gasteiger partial charge in [-0.15, -0.1) is 0 Å². The van der Waals surface area contributed by atoms with Gasteiger partial charge >= 0.3 is 0 Å². The lowest BCUT2D eigenvalue weighted by Gasteiger charge is -2.29. The lowest BCUT2D eigenvalue weighted by atomic mass is 9.78. The molecule has 0 spiro atoms. The highest BCUT2D eigenvalue weighted by Crippen LogP contribution is 2.49. The largest absolute Gasteiger partial charge is 0.454 e. The Labute approximate surface area is 106 Å². The van der Waals surface area contributed by atoms with E-state index in [-0.39, 0.29) is 12.2 Å². The van der Waals surface area contributed by atoms with E-state index in [2.05, 4.69) is 0 Å². The first-order valence-corrected chi connectivity index (χ1v) is 6.43. The highest BCUT2D eigenvalue weighted by atomic mass is 35.5. The molecular formula is C13H16ClNO2. The van der Waals surface area contributed by atoms with Gasteiger partial charge in [-0.3, -0.25) is 0 Å². The summed E-state index contributed by atoms with van der Waals surface area (Å²) in [5.74, 6) is 1.61. The minimum absolute atomic E-state index is 0.0304. The van der Waals surface area contributed by atoms with E-state index >= 15 is 0 Å². The van der Waals surface area contributed by atoms with Gasteiger partial charge in [-0.1, -0.05) is 24.4 Å². The molecular weight excluding hydrogens is 238 g/mol. The van der Waals surface area contributed by atoms with E-state index in [9.17, 15) is 0 Å². The summed E-state index contributed by atoms with van der Waals surface area (Å²) in [6, 6.07) is 3.81. The van der Waals surface area contributed by atoms with Gasteiger partial charge in [0, 0.05) is 28.6 Å². The molecule has 3 rings (SSSR count). The van der Waals surface area contributed by atoms with Gasteiger partial charge in [0.25, 0.3) is 0 Å². The lowest BCUT2D eigenvalue weighted by Crippen LogP contribution is -2.32. The molecule has 2 N–H and O–H groups in total. The molecule has 17 heavy (non-hydrogen) atoms. The molecule has 0 unspecified atom stereocenters. The molecule has 0 saturated heterocycles. The van der Waals surface area contributed by atoms with Crippen molar-refractivity contribution in [2.45, 2.75) is 31.1 Å². The Hall–Kier alpha value is -0.930. The maximum Gasteiger partial charge on any atom is 0.231 e. The maximum atomic E-state index is 6.15. The Morgan fingerprint density at radius 3 is 2.71 bits per heavy atom. The molecule has 1 aliphatic carbocycles. The fourth-order valence-corrected chi connectivity index (χ4v) is 3.21. The molecule has 0 amide bonds. The van der Waals surface area contributed by atoms with Crippen molar-refractivity contribution in [2.24, 2.45) is 5.73 Å². The second-order valence-electron chi connectivity index (χ2n) is 4.88. The molecule has 0 bridgehead atoms. The Bertz CT molecular complexity index is 441. The SMILES string of the molecule is NCC1(c2cc(Cl)cc3c2OCO3)CCCC1. The predicted molar refractivity (Wildman–Crippen MR) is 66.8 cm³/mol. The number of fused-ring (bicyclic) bond motifs is 1. The number of hydrogen-bond donors (Lipinski definition) is 1. The van der Waals surface area contributed by atoms with Crippen LogP contribution in [-0.4, -0.2) is 13.3 Å². The summed E-state index contributed by atoms with van der Waals surface area (Å²) in [6.07, 6.45) is 4.66. The average Bonchev–Trinajstić information content (AvgIpc) is 2.96. The van der Waals surface area contributed by atoms with Crippen molar-refractivity contribution in [1.29, 1.82) is 0 Å². The first-order valence-electron chi connectivity index (χ1n) is 6.05. The summed E-state index contributed by atoms with van der Waals surface area (Å²) in [4.78, 5) is 0. The number of hydrogen-bond acceptors (Lipinski definition) is 3. The van der Waals surface area contributed by atoms with Gasteiger partial charge < -0.3 is 15.2 Å². The van der Waals surface area contributed by atoms with Gasteiger partial charge in [-0.25, -0.2) is 0 Å². The van der Waals surface area contributed by atoms with E-state index in [1.54, 1.807) is 0 Å². The van der Waals surface area contributed by atoms with Crippen LogP contribution in [0.3, 0.4) is 0 Å². The number of benzene rings is 1. The molecule has 2 aliphatic rings. The van der Waals surface area contributed by atoms with Crippen molar-refractivity contribution in [3.8, 4) is 11.5 Å². The molecule has 0 radical (unpaired) electrons. The fraction of sp³-hybridized carbons (Fsp3) is 0.538. The van der Waals surface area contributed by atoms with Crippen LogP contribution in [0.4, 0.5) is 0 Å². The van der Waals surface area contributed by atoms with Crippen LogP contribution in [0.5, 0.6) is 11.5 Å². The van der Waals surface area contributed by atoms with Crippen LogP contribution in [-0.2, 0) is 5.41 Å². The minimum atomic E-state index is 0.0304. The summed E-state index contributed by atoms with van der Waals surface area (Å²) in [5, 5.41) is 0.698. The van der Waals surface area contributed by atoms with Crippen LogP contribution in [0.1, 0.15) is 31.2 Å². The number of ether oxygens (including phenoxy) is 2. The Balaban J connectivity index is 2.13. The van der Waals surface area contributed by atoms with Crippen molar-refractivity contribution in [3.63, 3.8) is 0 Å². The normalized spacial score (nSPS) is 20.8. The van der Waals surface area contributed by atoms with E-state index in [1.807, 2.05) is 12.1 Å². The first kappa shape index (κ1) is 11.2. The van der Waals surface area contributed by atoms with Crippen LogP contribution in [0.2, 0.25) is 5.02 Å². The molecule has 1 heterocycles. The molecule has 4 heteroatoms. The van der Waals surface area contributed by atoms with Crippen LogP contribution in [0.25, 0.3) is 0 Å². The monoisotopic (exact) mass is 253 g/mol. The Morgan fingerprint density at radius 1 is 1.24 bits per heavy atom. The highest BCUT2D eigenvalue weighted by Gasteiger charge is 2.39. The van der Waals surface area contributed by atoms with Crippen molar-refractivity contribution in [3.05, 3.63) is 22.7 Å². The lowest BCUT2D eigenvalue weighted by molar-refractivity contribution is 0.172. The van der Waals surface area contributed by atoms with E-state index < -0.39 is 0 Å². The zero-order chi connectivity index (χ0) is 11.9. The van der Waals surface area contributed by atoms with E-state index in [4.69, 9.17) is 26.8 Å². The molecule has 1 aromatic carbocycles. The van der Waals surface area contributed by atoms with Gasteiger partial charge in [0.1, 0.15) is 0 Å². The summed E-state index contributed by atoms with van der Waals surface area (Å²) in [7, 11) is 0. The zero-order valence-electron chi connectivity index (χ0n) is 9.67. The molecule has 0 aromatic heterocycles. The quantitative estimate of drug-likeness (QED) is 0.882. The van der Waals surface area contributed by atoms with E-state index in [1.165, 1.54) is 12.8 Å². The minimum Gasteiger partial charge on any atom is -0.454 e. The third-order valence-electron chi connectivity index (χ3n) is 3.96. The number of halogens is 1. The topological polar surface area (TPSA) is 44.5 Å². The first-order chi connectivity index (χ1) is 8.25. The van der Waals surface area contributed by atoms with Crippen molar-refractivity contribution in [2.75, 3.05) is 13.3 Å². The molecule has 1 aliphatic heterocycles. The maximum absolute atomic E-state index is 6.15. The fourth-order valence-electron chi connectivity index (χ4n) is 3.01. The van der Waals surface area contributed by atoms with Gasteiger partial charge in [-0.2, -0.15) is 0 Å². The number of rotatable bonds is 2. The van der Waals surface area contributed by atoms with E-state index in [0.29, 0.717) is 11.6 Å². The summed E-state index contributed by atoms with van der Waals surface area (Å²) >= 11 is 6.15. The van der Waals surface area contributed by atoms with Gasteiger partial charge in [0.2, 0.25) is 6.79 Å². The molecule has 1 fully saturated rings. The molecule has 1 aromatic rings. The second kappa shape index (κ2) is 4.07. The van der Waals surface area contributed by atoms with Crippen LogP contribution in [0.15, 0.2) is 12.1 Å². The zero-order valence-corrected chi connectivity index (χ0v) is 10.4. The highest BCUT2D eigenvalue weighted by molar-refractivity contribution is 6.30. The van der Waals surface area contributed by atoms with Crippen molar-refractivity contribution < 1.29 is 9.47 Å². The Kier molecular flexibility index (Phi) is 2.68. The molecule has 92 valence electrons. The van der Waals surface area contributed by atoms with Crippen molar-refractivity contribution in [1.82, 2.24) is 0 Å². The molecule has 3 nitrogen and oxygen atoms in total. The van der Waals surface area contributed by atoms with Crippen molar-refractivity contribution >= 4 is 11.6 Å². The summed E-state index contributed by atoms with van der Waals surface area (Å²) in [5.41, 5.74) is 7.17. The Morgan fingerprint density at radius 2 is 2.00 bits per heavy atom. The summed E-state index contributed by atoms with van der Waals surface area (Å²) in [6.45, 7) is 0.923.